The maximum atomic E-state index is 10.0. The monoisotopic (exact) mass is 428 g/mol. The first kappa shape index (κ1) is 27.6. The molecule has 1 saturated heterocycles. The maximum Gasteiger partial charge on any atom is 0.114 e. The molecule has 1 aliphatic heterocycles. The summed E-state index contributed by atoms with van der Waals surface area (Å²) in [4.78, 5) is 0. The first-order chi connectivity index (χ1) is 14.7. The standard InChI is InChI=1S/C25H48O5/c1-2-3-4-5-6-7-8-9-10-11-12-13-14-15-16-17-18-19-29-25-22(27)21-30-23(20-26)24(25)28/h17-18,22-28H,2-16,19-21H2,1H3/b18-17+/t22-,23+,24+,25+/m0/s1. The van der Waals surface area contributed by atoms with Gasteiger partial charge in [0.1, 0.15) is 24.4 Å². The fourth-order valence-corrected chi connectivity index (χ4v) is 4.03. The number of hydrogen-bond donors (Lipinski definition) is 3. The number of allylic oxidation sites excluding steroid dienone is 1. The van der Waals surface area contributed by atoms with Crippen LogP contribution in [0.4, 0.5) is 0 Å². The Morgan fingerprint density at radius 3 is 1.87 bits per heavy atom. The third kappa shape index (κ3) is 13.1. The van der Waals surface area contributed by atoms with E-state index in [1.54, 1.807) is 0 Å². The van der Waals surface area contributed by atoms with Crippen molar-refractivity contribution in [2.24, 2.45) is 0 Å². The van der Waals surface area contributed by atoms with Crippen LogP contribution in [0.1, 0.15) is 103 Å². The predicted octanol–water partition coefficient (Wildman–Crippen LogP) is 4.91. The zero-order valence-electron chi connectivity index (χ0n) is 19.4. The lowest BCUT2D eigenvalue weighted by molar-refractivity contribution is -0.207. The van der Waals surface area contributed by atoms with E-state index >= 15 is 0 Å². The van der Waals surface area contributed by atoms with Crippen LogP contribution in [0.3, 0.4) is 0 Å². The molecule has 30 heavy (non-hydrogen) atoms. The maximum absolute atomic E-state index is 10.0. The zero-order chi connectivity index (χ0) is 21.9. The number of aliphatic hydroxyl groups is 3. The van der Waals surface area contributed by atoms with Gasteiger partial charge in [0, 0.05) is 0 Å². The van der Waals surface area contributed by atoms with Gasteiger partial charge in [-0.2, -0.15) is 0 Å². The van der Waals surface area contributed by atoms with E-state index in [0.717, 1.165) is 6.42 Å². The number of hydrogen-bond acceptors (Lipinski definition) is 5. The molecule has 0 bridgehead atoms. The Hall–Kier alpha value is -0.460. The smallest absolute Gasteiger partial charge is 0.114 e. The SMILES string of the molecule is CCCCCCCCCCCCCCCC/C=C/CO[C@H]1[C@H](O)[C@@H](CO)OC[C@@H]1O. The fraction of sp³-hybridized carbons (Fsp3) is 0.920. The molecule has 1 rings (SSSR count). The Morgan fingerprint density at radius 1 is 0.800 bits per heavy atom. The Kier molecular flexibility index (Phi) is 17.7. The summed E-state index contributed by atoms with van der Waals surface area (Å²) in [5.74, 6) is 0. The van der Waals surface area contributed by atoms with E-state index in [9.17, 15) is 10.2 Å². The summed E-state index contributed by atoms with van der Waals surface area (Å²) in [5, 5.41) is 29.1. The van der Waals surface area contributed by atoms with E-state index in [-0.39, 0.29) is 13.2 Å². The second-order valence-corrected chi connectivity index (χ2v) is 8.77. The molecule has 1 heterocycles. The summed E-state index contributed by atoms with van der Waals surface area (Å²) < 4.78 is 10.8. The minimum absolute atomic E-state index is 0.0791. The minimum atomic E-state index is -1.00. The highest BCUT2D eigenvalue weighted by Gasteiger charge is 2.38. The molecule has 0 aromatic rings. The highest BCUT2D eigenvalue weighted by Crippen LogP contribution is 2.18. The van der Waals surface area contributed by atoms with Gasteiger partial charge in [0.05, 0.1) is 19.8 Å². The van der Waals surface area contributed by atoms with Gasteiger partial charge in [0.25, 0.3) is 0 Å². The van der Waals surface area contributed by atoms with Crippen LogP contribution in [0.2, 0.25) is 0 Å². The van der Waals surface area contributed by atoms with Crippen molar-refractivity contribution in [2.75, 3.05) is 19.8 Å². The summed E-state index contributed by atoms with van der Waals surface area (Å²) in [6, 6.07) is 0. The fourth-order valence-electron chi connectivity index (χ4n) is 4.03. The Morgan fingerprint density at radius 2 is 1.33 bits per heavy atom. The van der Waals surface area contributed by atoms with E-state index < -0.39 is 24.4 Å². The van der Waals surface area contributed by atoms with Crippen molar-refractivity contribution in [3.05, 3.63) is 12.2 Å². The van der Waals surface area contributed by atoms with Gasteiger partial charge in [-0.15, -0.1) is 0 Å². The second-order valence-electron chi connectivity index (χ2n) is 8.77. The lowest BCUT2D eigenvalue weighted by Gasteiger charge is -2.36. The van der Waals surface area contributed by atoms with Gasteiger partial charge in [-0.3, -0.25) is 0 Å². The molecule has 1 aliphatic rings. The largest absolute Gasteiger partial charge is 0.394 e. The van der Waals surface area contributed by atoms with Gasteiger partial charge in [-0.05, 0) is 12.8 Å². The summed E-state index contributed by atoms with van der Waals surface area (Å²) in [6.07, 6.45) is 21.1. The van der Waals surface area contributed by atoms with Gasteiger partial charge < -0.3 is 24.8 Å². The molecular formula is C25H48O5. The number of unbranched alkanes of at least 4 members (excludes halogenated alkanes) is 14. The molecule has 0 amide bonds. The molecule has 0 aromatic carbocycles. The van der Waals surface area contributed by atoms with Crippen LogP contribution in [0.25, 0.3) is 0 Å². The topological polar surface area (TPSA) is 79.2 Å². The van der Waals surface area contributed by atoms with Crippen LogP contribution in [0, 0.1) is 0 Å². The molecule has 0 radical (unpaired) electrons. The van der Waals surface area contributed by atoms with Gasteiger partial charge in [-0.25, -0.2) is 0 Å². The van der Waals surface area contributed by atoms with Crippen LogP contribution < -0.4 is 0 Å². The average molecular weight is 429 g/mol. The van der Waals surface area contributed by atoms with E-state index in [0.29, 0.717) is 6.61 Å². The third-order valence-electron chi connectivity index (χ3n) is 6.03. The normalized spacial score (nSPS) is 24.7. The van der Waals surface area contributed by atoms with Crippen LogP contribution in [0.15, 0.2) is 12.2 Å². The molecular weight excluding hydrogens is 380 g/mol. The Balaban J connectivity index is 1.86. The van der Waals surface area contributed by atoms with Crippen molar-refractivity contribution in [3.63, 3.8) is 0 Å². The van der Waals surface area contributed by atoms with Crippen LogP contribution in [0.5, 0.6) is 0 Å². The molecule has 0 saturated carbocycles. The number of aliphatic hydroxyl groups excluding tert-OH is 3. The number of rotatable bonds is 19. The quantitative estimate of drug-likeness (QED) is 0.201. The molecule has 5 heteroatoms. The molecule has 178 valence electrons. The first-order valence-corrected chi connectivity index (χ1v) is 12.6. The van der Waals surface area contributed by atoms with E-state index in [2.05, 4.69) is 13.0 Å². The van der Waals surface area contributed by atoms with Crippen LogP contribution in [-0.2, 0) is 9.47 Å². The van der Waals surface area contributed by atoms with Crippen molar-refractivity contribution in [1.82, 2.24) is 0 Å². The van der Waals surface area contributed by atoms with E-state index in [4.69, 9.17) is 14.6 Å². The van der Waals surface area contributed by atoms with E-state index in [1.807, 2.05) is 6.08 Å². The van der Waals surface area contributed by atoms with Crippen molar-refractivity contribution < 1.29 is 24.8 Å². The lowest BCUT2D eigenvalue weighted by atomic mass is 10.0. The molecule has 0 aromatic heterocycles. The minimum Gasteiger partial charge on any atom is -0.394 e. The first-order valence-electron chi connectivity index (χ1n) is 12.6. The van der Waals surface area contributed by atoms with Crippen molar-refractivity contribution in [1.29, 1.82) is 0 Å². The van der Waals surface area contributed by atoms with Gasteiger partial charge >= 0.3 is 0 Å². The van der Waals surface area contributed by atoms with Crippen LogP contribution >= 0.6 is 0 Å². The lowest BCUT2D eigenvalue weighted by Crippen LogP contribution is -2.55. The molecule has 5 nitrogen and oxygen atoms in total. The van der Waals surface area contributed by atoms with E-state index in [1.165, 1.54) is 89.9 Å². The highest BCUT2D eigenvalue weighted by atomic mass is 16.6. The summed E-state index contributed by atoms with van der Waals surface area (Å²) >= 11 is 0. The summed E-state index contributed by atoms with van der Waals surface area (Å²) in [5.41, 5.74) is 0. The highest BCUT2D eigenvalue weighted by molar-refractivity contribution is 4.89. The second kappa shape index (κ2) is 19.2. The molecule has 1 fully saturated rings. The van der Waals surface area contributed by atoms with Crippen molar-refractivity contribution >= 4 is 0 Å². The van der Waals surface area contributed by atoms with Crippen LogP contribution in [-0.4, -0.2) is 59.6 Å². The summed E-state index contributed by atoms with van der Waals surface area (Å²) in [6.45, 7) is 2.43. The molecule has 4 atom stereocenters. The molecule has 0 spiro atoms. The van der Waals surface area contributed by atoms with Crippen molar-refractivity contribution in [3.8, 4) is 0 Å². The van der Waals surface area contributed by atoms with Crippen molar-refractivity contribution in [2.45, 2.75) is 128 Å². The number of ether oxygens (including phenoxy) is 2. The van der Waals surface area contributed by atoms with Gasteiger partial charge in [0.15, 0.2) is 0 Å². The molecule has 0 unspecified atom stereocenters. The Labute approximate surface area is 184 Å². The zero-order valence-corrected chi connectivity index (χ0v) is 19.4. The molecule has 0 aliphatic carbocycles. The summed E-state index contributed by atoms with van der Waals surface area (Å²) in [7, 11) is 0. The Bertz CT molecular complexity index is 401. The molecule has 3 N–H and O–H groups in total. The average Bonchev–Trinajstić information content (AvgIpc) is 2.75. The van der Waals surface area contributed by atoms with Gasteiger partial charge in [0.2, 0.25) is 0 Å². The predicted molar refractivity (Wildman–Crippen MR) is 123 cm³/mol. The third-order valence-corrected chi connectivity index (χ3v) is 6.03. The van der Waals surface area contributed by atoms with Gasteiger partial charge in [-0.1, -0.05) is 103 Å².